The van der Waals surface area contributed by atoms with Crippen LogP contribution in [0.15, 0.2) is 18.2 Å². The molecule has 3 rings (SSSR count). The number of carboxylic acid groups (broad SMARTS) is 1. The summed E-state index contributed by atoms with van der Waals surface area (Å²) in [5.74, 6) is -0.808. The van der Waals surface area contributed by atoms with E-state index < -0.39 is 11.4 Å². The van der Waals surface area contributed by atoms with E-state index in [1.807, 2.05) is 25.1 Å². The fraction of sp³-hybridized carbons (Fsp3) is 0.500. The van der Waals surface area contributed by atoms with Crippen LogP contribution in [0.25, 0.3) is 0 Å². The van der Waals surface area contributed by atoms with Gasteiger partial charge in [0.25, 0.3) is 0 Å². The minimum absolute atomic E-state index is 0.0638. The lowest BCUT2D eigenvalue weighted by Gasteiger charge is -2.23. The molecule has 1 aromatic carbocycles. The van der Waals surface area contributed by atoms with Crippen LogP contribution in [0.5, 0.6) is 0 Å². The van der Waals surface area contributed by atoms with Gasteiger partial charge in [-0.1, -0.05) is 12.1 Å². The van der Waals surface area contributed by atoms with Crippen LogP contribution in [0.4, 0.5) is 10.5 Å². The van der Waals surface area contributed by atoms with Crippen LogP contribution >= 0.6 is 0 Å². The maximum absolute atomic E-state index is 12.4. The minimum atomic E-state index is -0.876. The average molecular weight is 345 g/mol. The zero-order valence-corrected chi connectivity index (χ0v) is 14.7. The summed E-state index contributed by atoms with van der Waals surface area (Å²) in [5, 5.41) is 12.2. The quantitative estimate of drug-likeness (QED) is 0.874. The van der Waals surface area contributed by atoms with Crippen molar-refractivity contribution < 1.29 is 19.5 Å². The van der Waals surface area contributed by atoms with Gasteiger partial charge in [0.1, 0.15) is 0 Å². The van der Waals surface area contributed by atoms with Gasteiger partial charge in [0.05, 0.1) is 17.9 Å². The van der Waals surface area contributed by atoms with Gasteiger partial charge >= 0.3 is 12.0 Å². The Bertz CT molecular complexity index is 748. The maximum Gasteiger partial charge on any atom is 0.317 e. The molecule has 0 aliphatic carbocycles. The normalized spacial score (nSPS) is 23.6. The molecular formula is C18H23N3O4. The highest BCUT2D eigenvalue weighted by Gasteiger charge is 2.42. The van der Waals surface area contributed by atoms with Gasteiger partial charge in [-0.15, -0.1) is 0 Å². The third-order valence-electron chi connectivity index (χ3n) is 5.30. The lowest BCUT2D eigenvalue weighted by atomic mass is 9.90. The topological polar surface area (TPSA) is 90.0 Å². The first-order chi connectivity index (χ1) is 11.7. The van der Waals surface area contributed by atoms with Crippen LogP contribution in [-0.2, 0) is 16.0 Å². The number of carboxylic acids is 1. The van der Waals surface area contributed by atoms with E-state index in [-0.39, 0.29) is 24.5 Å². The molecule has 1 saturated heterocycles. The van der Waals surface area contributed by atoms with Gasteiger partial charge < -0.3 is 20.2 Å². The van der Waals surface area contributed by atoms with Gasteiger partial charge in [-0.05, 0) is 37.5 Å². The molecular weight excluding hydrogens is 322 g/mol. The Morgan fingerprint density at radius 1 is 1.36 bits per heavy atom. The van der Waals surface area contributed by atoms with Crippen LogP contribution in [0.1, 0.15) is 37.4 Å². The van der Waals surface area contributed by atoms with Crippen molar-refractivity contribution in [2.75, 3.05) is 25.0 Å². The number of nitrogens with zero attached hydrogens (tertiary/aromatic N) is 2. The lowest BCUT2D eigenvalue weighted by molar-refractivity contribution is -0.147. The van der Waals surface area contributed by atoms with E-state index in [1.54, 1.807) is 23.8 Å². The van der Waals surface area contributed by atoms with E-state index in [1.165, 1.54) is 0 Å². The van der Waals surface area contributed by atoms with Crippen LogP contribution < -0.4 is 10.2 Å². The van der Waals surface area contributed by atoms with Crippen molar-refractivity contribution in [1.82, 2.24) is 10.2 Å². The first-order valence-electron chi connectivity index (χ1n) is 8.39. The molecule has 25 heavy (non-hydrogen) atoms. The number of carbonyl (C=O) groups excluding carboxylic acids is 2. The number of likely N-dealkylation sites (tertiary alicyclic amines) is 1. The van der Waals surface area contributed by atoms with Crippen LogP contribution in [0, 0.1) is 5.41 Å². The molecule has 2 heterocycles. The van der Waals surface area contributed by atoms with Crippen molar-refractivity contribution in [2.45, 2.75) is 32.7 Å². The number of amides is 3. The minimum Gasteiger partial charge on any atom is -0.481 e. The number of rotatable bonds is 3. The monoisotopic (exact) mass is 345 g/mol. The molecule has 2 N–H and O–H groups in total. The summed E-state index contributed by atoms with van der Waals surface area (Å²) in [6.45, 7) is 4.20. The number of urea groups is 1. The van der Waals surface area contributed by atoms with E-state index in [0.29, 0.717) is 19.4 Å². The lowest BCUT2D eigenvalue weighted by Crippen LogP contribution is -2.41. The Morgan fingerprint density at radius 2 is 2.08 bits per heavy atom. The molecule has 1 fully saturated rings. The Labute approximate surface area is 146 Å². The van der Waals surface area contributed by atoms with Crippen LogP contribution in [-0.4, -0.2) is 48.1 Å². The molecule has 2 aliphatic rings. The number of aliphatic carboxylic acids is 1. The van der Waals surface area contributed by atoms with Crippen molar-refractivity contribution in [2.24, 2.45) is 5.41 Å². The second-order valence-electron chi connectivity index (χ2n) is 7.23. The number of hydrogen-bond acceptors (Lipinski definition) is 3. The number of anilines is 1. The number of hydrogen-bond donors (Lipinski definition) is 2. The zero-order valence-electron chi connectivity index (χ0n) is 14.7. The summed E-state index contributed by atoms with van der Waals surface area (Å²) in [4.78, 5) is 38.7. The highest BCUT2D eigenvalue weighted by Crippen LogP contribution is 2.32. The van der Waals surface area contributed by atoms with Gasteiger partial charge in [0.2, 0.25) is 5.91 Å². The second kappa shape index (κ2) is 6.06. The fourth-order valence-corrected chi connectivity index (χ4v) is 3.43. The first-order valence-corrected chi connectivity index (χ1v) is 8.39. The molecule has 7 heteroatoms. The number of fused-ring (bicyclic) bond motifs is 1. The third kappa shape index (κ3) is 3.06. The van der Waals surface area contributed by atoms with Gasteiger partial charge in [-0.2, -0.15) is 0 Å². The molecule has 0 aromatic heterocycles. The van der Waals surface area contributed by atoms with Gasteiger partial charge in [-0.25, -0.2) is 4.79 Å². The summed E-state index contributed by atoms with van der Waals surface area (Å²) < 4.78 is 0. The molecule has 134 valence electrons. The summed E-state index contributed by atoms with van der Waals surface area (Å²) in [6, 6.07) is 5.27. The predicted molar refractivity (Wildman–Crippen MR) is 92.4 cm³/mol. The number of likely N-dealkylation sites (N-methyl/N-ethyl adjacent to an activating group) is 1. The second-order valence-corrected chi connectivity index (χ2v) is 7.23. The summed E-state index contributed by atoms with van der Waals surface area (Å²) >= 11 is 0. The summed E-state index contributed by atoms with van der Waals surface area (Å²) in [5.41, 5.74) is 1.92. The number of nitrogens with one attached hydrogen (secondary N) is 1. The standard InChI is InChI=1S/C18H23N3O4/c1-11(12-4-5-14-13(8-12)9-15(22)20(14)3)19-17(25)21-7-6-18(2,10-21)16(23)24/h4-5,8,11H,6-7,9-10H2,1-3H3,(H,19,25)(H,23,24). The fourth-order valence-electron chi connectivity index (χ4n) is 3.43. The third-order valence-corrected chi connectivity index (χ3v) is 5.30. The molecule has 2 atom stereocenters. The highest BCUT2D eigenvalue weighted by molar-refractivity contribution is 6.00. The first kappa shape index (κ1) is 17.3. The summed E-state index contributed by atoms with van der Waals surface area (Å²) in [6.07, 6.45) is 0.834. The Morgan fingerprint density at radius 3 is 2.72 bits per heavy atom. The smallest absolute Gasteiger partial charge is 0.317 e. The van der Waals surface area contributed by atoms with Gasteiger partial charge in [0, 0.05) is 25.8 Å². The SMILES string of the molecule is CC(NC(=O)N1CCC(C)(C(=O)O)C1)c1ccc2c(c1)CC(=O)N2C. The molecule has 2 unspecified atom stereocenters. The predicted octanol–water partition coefficient (Wildman–Crippen LogP) is 1.77. The molecule has 2 aliphatic heterocycles. The highest BCUT2D eigenvalue weighted by atomic mass is 16.4. The van der Waals surface area contributed by atoms with Crippen molar-refractivity contribution in [3.63, 3.8) is 0 Å². The Balaban J connectivity index is 1.66. The molecule has 1 aromatic rings. The summed E-state index contributed by atoms with van der Waals surface area (Å²) in [7, 11) is 1.76. The number of benzene rings is 1. The Kier molecular flexibility index (Phi) is 4.18. The van der Waals surface area contributed by atoms with Crippen LogP contribution in [0.3, 0.4) is 0 Å². The molecule has 0 spiro atoms. The zero-order chi connectivity index (χ0) is 18.4. The van der Waals surface area contributed by atoms with Crippen molar-refractivity contribution in [1.29, 1.82) is 0 Å². The number of carbonyl (C=O) groups is 3. The van der Waals surface area contributed by atoms with E-state index in [2.05, 4.69) is 5.32 Å². The molecule has 3 amide bonds. The molecule has 7 nitrogen and oxygen atoms in total. The Hall–Kier alpha value is -2.57. The van der Waals surface area contributed by atoms with E-state index in [4.69, 9.17) is 0 Å². The van der Waals surface area contributed by atoms with E-state index in [0.717, 1.165) is 16.8 Å². The van der Waals surface area contributed by atoms with E-state index in [9.17, 15) is 19.5 Å². The average Bonchev–Trinajstić information content (AvgIpc) is 3.09. The molecule has 0 bridgehead atoms. The van der Waals surface area contributed by atoms with Gasteiger partial charge in [-0.3, -0.25) is 9.59 Å². The molecule has 0 saturated carbocycles. The molecule has 0 radical (unpaired) electrons. The van der Waals surface area contributed by atoms with Gasteiger partial charge in [0.15, 0.2) is 0 Å². The van der Waals surface area contributed by atoms with Crippen LogP contribution in [0.2, 0.25) is 0 Å². The largest absolute Gasteiger partial charge is 0.481 e. The maximum atomic E-state index is 12.4. The van der Waals surface area contributed by atoms with E-state index >= 15 is 0 Å². The van der Waals surface area contributed by atoms with Crippen molar-refractivity contribution in [3.8, 4) is 0 Å². The van der Waals surface area contributed by atoms with Crippen molar-refractivity contribution >= 4 is 23.6 Å². The van der Waals surface area contributed by atoms with Crippen molar-refractivity contribution in [3.05, 3.63) is 29.3 Å².